The number of fused-ring (bicyclic) bond motifs is 1. The van der Waals surface area contributed by atoms with Gasteiger partial charge in [0.2, 0.25) is 0 Å². The Balaban J connectivity index is 2.04. The molecule has 140 valence electrons. The third-order valence-corrected chi connectivity index (χ3v) is 4.18. The molecule has 28 heavy (non-hydrogen) atoms. The fourth-order valence-corrected chi connectivity index (χ4v) is 2.88. The minimum Gasteiger partial charge on any atom is -0.497 e. The zero-order valence-corrected chi connectivity index (χ0v) is 14.6. The van der Waals surface area contributed by atoms with Crippen molar-refractivity contribution in [1.82, 2.24) is 19.5 Å². The van der Waals surface area contributed by atoms with Crippen LogP contribution in [0.2, 0.25) is 0 Å². The zero-order chi connectivity index (χ0) is 19.8. The van der Waals surface area contributed by atoms with Gasteiger partial charge in [0.05, 0.1) is 12.8 Å². The van der Waals surface area contributed by atoms with Crippen molar-refractivity contribution in [2.75, 3.05) is 7.11 Å². The van der Waals surface area contributed by atoms with Crippen molar-refractivity contribution >= 4 is 17.1 Å². The number of aromatic amines is 1. The van der Waals surface area contributed by atoms with E-state index in [4.69, 9.17) is 10.5 Å². The molecule has 0 fully saturated rings. The topological polar surface area (TPSA) is 116 Å². The van der Waals surface area contributed by atoms with E-state index in [9.17, 15) is 14.0 Å². The summed E-state index contributed by atoms with van der Waals surface area (Å²) in [5, 5.41) is 0. The lowest BCUT2D eigenvalue weighted by Crippen LogP contribution is -2.15. The Labute approximate surface area is 157 Å². The van der Waals surface area contributed by atoms with Crippen LogP contribution < -0.4 is 16.2 Å². The van der Waals surface area contributed by atoms with Crippen LogP contribution in [0.1, 0.15) is 10.5 Å². The number of hydrogen-bond donors (Lipinski definition) is 2. The van der Waals surface area contributed by atoms with Crippen LogP contribution in [0.4, 0.5) is 4.39 Å². The van der Waals surface area contributed by atoms with Crippen molar-refractivity contribution in [2.24, 2.45) is 5.73 Å². The molecule has 3 N–H and O–H groups in total. The molecule has 4 aromatic rings. The molecule has 0 unspecified atom stereocenters. The summed E-state index contributed by atoms with van der Waals surface area (Å²) in [4.78, 5) is 35.7. The highest BCUT2D eigenvalue weighted by Crippen LogP contribution is 2.23. The molecule has 2 heterocycles. The Morgan fingerprint density at radius 3 is 2.61 bits per heavy atom. The Bertz CT molecular complexity index is 1260. The van der Waals surface area contributed by atoms with E-state index in [2.05, 4.69) is 15.0 Å². The SMILES string of the molecule is COc1cccc(-n2c(=O)[nH]c3c(C(N)=O)nc(-c4ccc(F)cc4)nc32)c1. The number of H-pyrrole nitrogens is 1. The first-order valence-corrected chi connectivity index (χ1v) is 8.21. The number of nitrogens with two attached hydrogens (primary N) is 1. The fraction of sp³-hybridized carbons (Fsp3) is 0.0526. The van der Waals surface area contributed by atoms with Gasteiger partial charge in [-0.05, 0) is 36.4 Å². The second kappa shape index (κ2) is 6.62. The molecule has 1 amide bonds. The summed E-state index contributed by atoms with van der Waals surface area (Å²) in [6, 6.07) is 12.2. The van der Waals surface area contributed by atoms with E-state index in [0.29, 0.717) is 17.0 Å². The number of nitrogens with zero attached hydrogens (tertiary/aromatic N) is 3. The second-order valence-electron chi connectivity index (χ2n) is 5.93. The predicted molar refractivity (Wildman–Crippen MR) is 99.9 cm³/mol. The number of amides is 1. The van der Waals surface area contributed by atoms with Gasteiger partial charge in [-0.25, -0.2) is 23.7 Å². The summed E-state index contributed by atoms with van der Waals surface area (Å²) in [6.45, 7) is 0. The van der Waals surface area contributed by atoms with Crippen LogP contribution in [0.3, 0.4) is 0 Å². The van der Waals surface area contributed by atoms with Crippen molar-refractivity contribution in [3.05, 3.63) is 70.5 Å². The maximum absolute atomic E-state index is 13.2. The van der Waals surface area contributed by atoms with Gasteiger partial charge in [0.1, 0.15) is 17.1 Å². The first kappa shape index (κ1) is 17.4. The predicted octanol–water partition coefficient (Wildman–Crippen LogP) is 2.02. The maximum atomic E-state index is 13.2. The average molecular weight is 379 g/mol. The third-order valence-electron chi connectivity index (χ3n) is 4.18. The summed E-state index contributed by atoms with van der Waals surface area (Å²) in [5.74, 6) is -0.566. The molecule has 0 aliphatic heterocycles. The van der Waals surface area contributed by atoms with E-state index >= 15 is 0 Å². The van der Waals surface area contributed by atoms with E-state index in [1.165, 1.54) is 35.9 Å². The van der Waals surface area contributed by atoms with Gasteiger partial charge in [0, 0.05) is 11.6 Å². The van der Waals surface area contributed by atoms with Crippen LogP contribution in [0.25, 0.3) is 28.2 Å². The van der Waals surface area contributed by atoms with Gasteiger partial charge in [0.25, 0.3) is 5.91 Å². The summed E-state index contributed by atoms with van der Waals surface area (Å²) < 4.78 is 19.7. The zero-order valence-electron chi connectivity index (χ0n) is 14.6. The summed E-state index contributed by atoms with van der Waals surface area (Å²) in [5.41, 5.74) is 6.04. The number of carbonyl (C=O) groups excluding carboxylic acids is 1. The Morgan fingerprint density at radius 2 is 1.93 bits per heavy atom. The second-order valence-corrected chi connectivity index (χ2v) is 5.93. The number of benzene rings is 2. The van der Waals surface area contributed by atoms with Crippen LogP contribution in [0.15, 0.2) is 53.3 Å². The Hall–Kier alpha value is -4.01. The molecule has 0 saturated carbocycles. The monoisotopic (exact) mass is 379 g/mol. The number of carbonyl (C=O) groups is 1. The molecule has 0 spiro atoms. The smallest absolute Gasteiger partial charge is 0.332 e. The summed E-state index contributed by atoms with van der Waals surface area (Å²) in [7, 11) is 1.51. The van der Waals surface area contributed by atoms with Gasteiger partial charge in [-0.1, -0.05) is 6.07 Å². The lowest BCUT2D eigenvalue weighted by Gasteiger charge is -2.07. The molecular weight excluding hydrogens is 365 g/mol. The van der Waals surface area contributed by atoms with E-state index in [1.54, 1.807) is 24.3 Å². The highest BCUT2D eigenvalue weighted by Gasteiger charge is 2.20. The quantitative estimate of drug-likeness (QED) is 0.563. The van der Waals surface area contributed by atoms with Crippen molar-refractivity contribution in [1.29, 1.82) is 0 Å². The highest BCUT2D eigenvalue weighted by molar-refractivity contribution is 6.02. The minimum absolute atomic E-state index is 0.117. The van der Waals surface area contributed by atoms with E-state index in [0.717, 1.165) is 0 Å². The molecule has 0 aliphatic rings. The van der Waals surface area contributed by atoms with Crippen LogP contribution in [-0.4, -0.2) is 32.5 Å². The van der Waals surface area contributed by atoms with Gasteiger partial charge >= 0.3 is 5.69 Å². The number of rotatable bonds is 4. The molecule has 0 aliphatic carbocycles. The third kappa shape index (κ3) is 2.88. The van der Waals surface area contributed by atoms with Crippen LogP contribution in [0, 0.1) is 5.82 Å². The number of nitrogens with one attached hydrogen (secondary N) is 1. The number of imidazole rings is 1. The van der Waals surface area contributed by atoms with Crippen LogP contribution in [0.5, 0.6) is 5.75 Å². The van der Waals surface area contributed by atoms with E-state index in [1.807, 2.05) is 0 Å². The Kier molecular flexibility index (Phi) is 4.11. The number of hydrogen-bond acceptors (Lipinski definition) is 5. The van der Waals surface area contributed by atoms with Gasteiger partial charge < -0.3 is 15.5 Å². The highest BCUT2D eigenvalue weighted by atomic mass is 19.1. The lowest BCUT2D eigenvalue weighted by molar-refractivity contribution is 0.0997. The van der Waals surface area contributed by atoms with Crippen LogP contribution >= 0.6 is 0 Å². The molecule has 2 aromatic heterocycles. The minimum atomic E-state index is -0.824. The van der Waals surface area contributed by atoms with Gasteiger partial charge in [-0.15, -0.1) is 0 Å². The van der Waals surface area contributed by atoms with Gasteiger partial charge in [-0.3, -0.25) is 4.79 Å². The molecule has 2 aromatic carbocycles. The molecule has 9 heteroatoms. The van der Waals surface area contributed by atoms with Crippen LogP contribution in [-0.2, 0) is 0 Å². The van der Waals surface area contributed by atoms with E-state index < -0.39 is 17.4 Å². The normalized spacial score (nSPS) is 10.9. The first-order valence-electron chi connectivity index (χ1n) is 8.21. The number of methoxy groups -OCH3 is 1. The average Bonchev–Trinajstić information content (AvgIpc) is 3.03. The molecule has 0 saturated heterocycles. The van der Waals surface area contributed by atoms with Crippen molar-refractivity contribution < 1.29 is 13.9 Å². The molecule has 0 atom stereocenters. The first-order chi connectivity index (χ1) is 13.5. The fourth-order valence-electron chi connectivity index (χ4n) is 2.88. The maximum Gasteiger partial charge on any atom is 0.332 e. The number of aromatic nitrogens is 4. The molecular formula is C19H14FN5O3. The summed E-state index contributed by atoms with van der Waals surface area (Å²) >= 11 is 0. The van der Waals surface area contributed by atoms with E-state index in [-0.39, 0.29) is 22.7 Å². The largest absolute Gasteiger partial charge is 0.497 e. The lowest BCUT2D eigenvalue weighted by atomic mass is 10.2. The van der Waals surface area contributed by atoms with Crippen molar-refractivity contribution in [2.45, 2.75) is 0 Å². The van der Waals surface area contributed by atoms with Gasteiger partial charge in [-0.2, -0.15) is 0 Å². The summed E-state index contributed by atoms with van der Waals surface area (Å²) in [6.07, 6.45) is 0. The van der Waals surface area contributed by atoms with Crippen molar-refractivity contribution in [3.63, 3.8) is 0 Å². The van der Waals surface area contributed by atoms with Gasteiger partial charge in [0.15, 0.2) is 17.2 Å². The number of primary amides is 1. The number of ether oxygens (including phenoxy) is 1. The molecule has 0 bridgehead atoms. The molecule has 8 nitrogen and oxygen atoms in total. The van der Waals surface area contributed by atoms with Crippen molar-refractivity contribution in [3.8, 4) is 22.8 Å². The number of halogens is 1. The molecule has 4 rings (SSSR count). The standard InChI is InChI=1S/C19H14FN5O3/c1-28-13-4-2-3-12(9-13)25-18-15(23-19(25)27)14(16(21)26)22-17(24-18)10-5-7-11(20)8-6-10/h2-9H,1H3,(H2,21,26)(H,23,27). The Morgan fingerprint density at radius 1 is 1.18 bits per heavy atom. The molecule has 0 radical (unpaired) electrons.